The van der Waals surface area contributed by atoms with Crippen molar-refractivity contribution in [2.24, 2.45) is 0 Å². The molecule has 0 fully saturated rings. The first-order chi connectivity index (χ1) is 16.6. The monoisotopic (exact) mass is 611 g/mol. The van der Waals surface area contributed by atoms with Gasteiger partial charge in [0.25, 0.3) is 0 Å². The molecule has 0 aliphatic carbocycles. The van der Waals surface area contributed by atoms with Gasteiger partial charge < -0.3 is 31.2 Å². The lowest BCUT2D eigenvalue weighted by molar-refractivity contribution is -0.126. The summed E-state index contributed by atoms with van der Waals surface area (Å²) in [6.45, 7) is 28.4. The molecule has 0 aromatic heterocycles. The van der Waals surface area contributed by atoms with E-state index in [0.717, 1.165) is 18.5 Å². The maximum Gasteiger partial charge on any atom is 0.314 e. The quantitative estimate of drug-likeness (QED) is 0.106. The van der Waals surface area contributed by atoms with E-state index < -0.39 is 48.4 Å². The highest BCUT2D eigenvalue weighted by Gasteiger charge is 2.45. The number of carbonyl (C=O) groups excluding carboxylic acids is 1. The van der Waals surface area contributed by atoms with Gasteiger partial charge in [0.15, 0.2) is 16.6 Å². The number of unbranched alkanes of at least 4 members (excludes halogenated alkanes) is 1. The summed E-state index contributed by atoms with van der Waals surface area (Å²) in [5, 5.41) is 10.1. The molecule has 0 saturated heterocycles. The zero-order valence-corrected chi connectivity index (χ0v) is 30.9. The van der Waals surface area contributed by atoms with E-state index in [4.69, 9.17) is 21.2 Å². The van der Waals surface area contributed by atoms with Gasteiger partial charge in [-0.05, 0) is 90.1 Å². The number of ether oxygens (including phenoxy) is 1. The van der Waals surface area contributed by atoms with E-state index in [9.17, 15) is 9.90 Å². The lowest BCUT2D eigenvalue weighted by Gasteiger charge is -2.42. The largest absolute Gasteiger partial charge is 0.436 e. The van der Waals surface area contributed by atoms with Crippen molar-refractivity contribution in [3.8, 4) is 0 Å². The molecular weight excluding hydrogens is 555 g/mol. The molecule has 0 bridgehead atoms. The molecule has 0 heterocycles. The molecule has 8 nitrogen and oxygen atoms in total. The zero-order valence-electron chi connectivity index (χ0n) is 25.9. The number of rotatable bonds is 20. The third kappa shape index (κ3) is 18.1. The van der Waals surface area contributed by atoms with Crippen LogP contribution in [0.4, 0.5) is 0 Å². The third-order valence-electron chi connectivity index (χ3n) is 5.57. The van der Waals surface area contributed by atoms with Crippen molar-refractivity contribution >= 4 is 48.2 Å². The molecule has 1 unspecified atom stereocenters. The Labute approximate surface area is 233 Å². The minimum Gasteiger partial charge on any atom is -0.436 e. The number of aliphatic hydroxyl groups excluding tert-OH is 1. The number of nitrogens with zero attached hydrogens (tertiary/aromatic N) is 1. The SMILES string of the molecule is C=CC(=O)N(C)CC(O)COCCC[Si](C)(C)O[Si](C)(C)O[Si](C)(C)O[Si](C)(C)O[Si](C)(C)CCCC. The van der Waals surface area contributed by atoms with Crippen molar-refractivity contribution in [2.45, 2.75) is 110 Å². The fraction of sp³-hybridized carbons (Fsp3) is 0.875. The summed E-state index contributed by atoms with van der Waals surface area (Å²) in [5.74, 6) is -0.217. The van der Waals surface area contributed by atoms with Gasteiger partial charge in [-0.3, -0.25) is 4.79 Å². The van der Waals surface area contributed by atoms with E-state index in [-0.39, 0.29) is 19.1 Å². The summed E-state index contributed by atoms with van der Waals surface area (Å²) in [5.41, 5.74) is 0. The van der Waals surface area contributed by atoms with Crippen LogP contribution in [0.3, 0.4) is 0 Å². The fourth-order valence-electron chi connectivity index (χ4n) is 4.72. The van der Waals surface area contributed by atoms with Crippen LogP contribution in [-0.4, -0.2) is 91.1 Å². The number of hydrogen-bond donors (Lipinski definition) is 1. The van der Waals surface area contributed by atoms with E-state index in [1.807, 2.05) is 0 Å². The van der Waals surface area contributed by atoms with Gasteiger partial charge >= 0.3 is 25.7 Å². The summed E-state index contributed by atoms with van der Waals surface area (Å²) >= 11 is 0. The van der Waals surface area contributed by atoms with E-state index >= 15 is 0 Å². The minimum absolute atomic E-state index is 0.192. The number of amides is 1. The molecule has 13 heteroatoms. The Balaban J connectivity index is 4.68. The van der Waals surface area contributed by atoms with E-state index in [1.165, 1.54) is 23.8 Å². The Morgan fingerprint density at radius 1 is 0.838 bits per heavy atom. The number of aliphatic hydroxyl groups is 1. The minimum atomic E-state index is -2.45. The van der Waals surface area contributed by atoms with Gasteiger partial charge in [0.05, 0.1) is 12.7 Å². The first kappa shape index (κ1) is 37.1. The average molecular weight is 612 g/mol. The second kappa shape index (κ2) is 15.7. The van der Waals surface area contributed by atoms with Crippen LogP contribution >= 0.6 is 0 Å². The van der Waals surface area contributed by atoms with Crippen LogP contribution in [0.5, 0.6) is 0 Å². The lowest BCUT2D eigenvalue weighted by atomic mass is 10.3. The second-order valence-electron chi connectivity index (χ2n) is 12.5. The van der Waals surface area contributed by atoms with Crippen LogP contribution in [0, 0.1) is 0 Å². The number of carbonyl (C=O) groups is 1. The van der Waals surface area contributed by atoms with Gasteiger partial charge in [0, 0.05) is 20.2 Å². The molecule has 0 radical (unpaired) electrons. The van der Waals surface area contributed by atoms with Crippen molar-refractivity contribution in [2.75, 3.05) is 26.8 Å². The zero-order chi connectivity index (χ0) is 29.1. The van der Waals surface area contributed by atoms with Crippen molar-refractivity contribution in [1.82, 2.24) is 4.90 Å². The summed E-state index contributed by atoms with van der Waals surface area (Å²) in [7, 11) is -9.32. The molecule has 1 amide bonds. The predicted molar refractivity (Wildman–Crippen MR) is 166 cm³/mol. The first-order valence-electron chi connectivity index (χ1n) is 13.6. The first-order valence-corrected chi connectivity index (χ1v) is 28.3. The number of hydrogen-bond acceptors (Lipinski definition) is 7. The Kier molecular flexibility index (Phi) is 15.8. The van der Waals surface area contributed by atoms with Gasteiger partial charge in [0.2, 0.25) is 5.91 Å². The smallest absolute Gasteiger partial charge is 0.314 e. The molecule has 0 aliphatic rings. The molecule has 0 rings (SSSR count). The topological polar surface area (TPSA) is 86.7 Å². The van der Waals surface area contributed by atoms with Gasteiger partial charge in [-0.2, -0.15) is 0 Å². The van der Waals surface area contributed by atoms with Crippen LogP contribution in [0.1, 0.15) is 26.2 Å². The standard InChI is InChI=1S/C24H57NO7Si5/c1-14-16-19-33(4,5)29-35(8,9)31-37(12,13)32-36(10,11)30-34(6,7)20-17-18-28-22-23(26)21-25(3)24(27)15-2/h15,23,26H,2,14,16-22H2,1,3-13H3. The fourth-order valence-corrected chi connectivity index (χ4v) is 29.5. The van der Waals surface area contributed by atoms with Crippen LogP contribution in [0.25, 0.3) is 0 Å². The van der Waals surface area contributed by atoms with E-state index in [2.05, 4.69) is 79.0 Å². The maximum atomic E-state index is 11.5. The van der Waals surface area contributed by atoms with Crippen molar-refractivity contribution in [1.29, 1.82) is 0 Å². The summed E-state index contributed by atoms with van der Waals surface area (Å²) in [4.78, 5) is 13.0. The van der Waals surface area contributed by atoms with E-state index in [0.29, 0.717) is 6.61 Å². The Bertz CT molecular complexity index is 705. The third-order valence-corrected chi connectivity index (χ3v) is 24.9. The predicted octanol–water partition coefficient (Wildman–Crippen LogP) is 5.78. The molecule has 0 aromatic carbocycles. The summed E-state index contributed by atoms with van der Waals surface area (Å²) in [6.07, 6.45) is 3.75. The normalized spacial score (nSPS) is 14.5. The van der Waals surface area contributed by atoms with Gasteiger partial charge in [0.1, 0.15) is 0 Å². The Morgan fingerprint density at radius 3 is 1.70 bits per heavy atom. The van der Waals surface area contributed by atoms with Gasteiger partial charge in [-0.25, -0.2) is 0 Å². The molecule has 0 saturated carbocycles. The molecule has 1 atom stereocenters. The van der Waals surface area contributed by atoms with Crippen molar-refractivity contribution < 1.29 is 31.1 Å². The maximum absolute atomic E-state index is 11.5. The van der Waals surface area contributed by atoms with Crippen LogP contribution < -0.4 is 0 Å². The second-order valence-corrected chi connectivity index (χ2v) is 32.2. The van der Waals surface area contributed by atoms with Crippen molar-refractivity contribution in [3.63, 3.8) is 0 Å². The highest BCUT2D eigenvalue weighted by Crippen LogP contribution is 2.28. The lowest BCUT2D eigenvalue weighted by Crippen LogP contribution is -2.58. The molecule has 0 aromatic rings. The van der Waals surface area contributed by atoms with E-state index in [1.54, 1.807) is 7.05 Å². The van der Waals surface area contributed by atoms with Crippen LogP contribution in [-0.2, 0) is 26.0 Å². The van der Waals surface area contributed by atoms with Gasteiger partial charge in [-0.15, -0.1) is 0 Å². The summed E-state index contributed by atoms with van der Waals surface area (Å²) in [6, 6.07) is 2.09. The highest BCUT2D eigenvalue weighted by molar-refractivity contribution is 6.90. The molecule has 37 heavy (non-hydrogen) atoms. The molecular formula is C24H57NO7Si5. The van der Waals surface area contributed by atoms with Gasteiger partial charge in [-0.1, -0.05) is 26.3 Å². The Hall–Kier alpha value is 0.0544. The summed E-state index contributed by atoms with van der Waals surface area (Å²) < 4.78 is 32.3. The highest BCUT2D eigenvalue weighted by atomic mass is 28.5. The molecule has 0 aliphatic heterocycles. The molecule has 0 spiro atoms. The van der Waals surface area contributed by atoms with Crippen LogP contribution in [0.15, 0.2) is 12.7 Å². The Morgan fingerprint density at radius 2 is 1.27 bits per heavy atom. The number of likely N-dealkylation sites (N-methyl/N-ethyl adjacent to an activating group) is 1. The van der Waals surface area contributed by atoms with Crippen molar-refractivity contribution in [3.05, 3.63) is 12.7 Å². The molecule has 1 N–H and O–H groups in total. The molecule has 220 valence electrons. The average Bonchev–Trinajstić information content (AvgIpc) is 2.67. The van der Waals surface area contributed by atoms with Crippen LogP contribution in [0.2, 0.25) is 77.6 Å².